The molecule has 0 fully saturated rings. The van der Waals surface area contributed by atoms with Crippen LogP contribution in [0, 0.1) is 12.7 Å². The van der Waals surface area contributed by atoms with Crippen molar-refractivity contribution in [3.63, 3.8) is 0 Å². The highest BCUT2D eigenvalue weighted by molar-refractivity contribution is 14.2. The molecule has 1 aromatic heterocycles. The van der Waals surface area contributed by atoms with Crippen LogP contribution < -0.4 is 10.1 Å². The lowest BCUT2D eigenvalue weighted by Gasteiger charge is -2.07. The SMILES string of the molecule is CC(=O)NCCc1c(C)n(SI)c2cc(F)c(OCCBr)cc12. The van der Waals surface area contributed by atoms with E-state index in [1.54, 1.807) is 6.07 Å². The maximum Gasteiger partial charge on any atom is 0.216 e. The van der Waals surface area contributed by atoms with E-state index >= 15 is 0 Å². The van der Waals surface area contributed by atoms with Crippen LogP contribution in [0.3, 0.4) is 0 Å². The normalized spacial score (nSPS) is 11.0. The Morgan fingerprint density at radius 2 is 2.26 bits per heavy atom. The third-order valence-corrected chi connectivity index (χ3v) is 5.60. The van der Waals surface area contributed by atoms with Crippen LogP contribution in [0.15, 0.2) is 12.1 Å². The van der Waals surface area contributed by atoms with Crippen LogP contribution in [0.2, 0.25) is 0 Å². The zero-order chi connectivity index (χ0) is 17.0. The molecule has 0 radical (unpaired) electrons. The number of halogens is 3. The first-order chi connectivity index (χ1) is 11.0. The van der Waals surface area contributed by atoms with E-state index in [2.05, 4.69) is 42.5 Å². The van der Waals surface area contributed by atoms with Crippen LogP contribution in [-0.2, 0) is 11.2 Å². The third kappa shape index (κ3) is 4.33. The van der Waals surface area contributed by atoms with Gasteiger partial charge >= 0.3 is 0 Å². The highest BCUT2D eigenvalue weighted by Gasteiger charge is 2.17. The molecule has 4 nitrogen and oxygen atoms in total. The maximum absolute atomic E-state index is 14.2. The summed E-state index contributed by atoms with van der Waals surface area (Å²) < 4.78 is 21.7. The van der Waals surface area contributed by atoms with E-state index < -0.39 is 0 Å². The van der Waals surface area contributed by atoms with Gasteiger partial charge in [-0.2, -0.15) is 0 Å². The molecule has 1 aromatic carbocycles. The fourth-order valence-electron chi connectivity index (χ4n) is 2.48. The highest BCUT2D eigenvalue weighted by Crippen LogP contribution is 2.36. The molecule has 0 saturated carbocycles. The van der Waals surface area contributed by atoms with Gasteiger partial charge in [0.25, 0.3) is 0 Å². The first kappa shape index (κ1) is 18.9. The molecule has 1 N–H and O–H groups in total. The second-order valence-corrected chi connectivity index (χ2v) is 7.48. The number of alkyl halides is 1. The predicted octanol–water partition coefficient (Wildman–Crippen LogP) is 4.39. The van der Waals surface area contributed by atoms with Crippen molar-refractivity contribution in [3.05, 3.63) is 29.2 Å². The van der Waals surface area contributed by atoms with Gasteiger partial charge in [-0.3, -0.25) is 8.77 Å². The number of carbonyl (C=O) groups is 1. The summed E-state index contributed by atoms with van der Waals surface area (Å²) >= 11 is 5.46. The van der Waals surface area contributed by atoms with Crippen molar-refractivity contribution in [2.75, 3.05) is 18.5 Å². The molecule has 0 bridgehead atoms. The van der Waals surface area contributed by atoms with Gasteiger partial charge in [0.2, 0.25) is 5.91 Å². The Morgan fingerprint density at radius 3 is 2.87 bits per heavy atom. The van der Waals surface area contributed by atoms with E-state index in [1.807, 2.05) is 10.9 Å². The topological polar surface area (TPSA) is 43.3 Å². The van der Waals surface area contributed by atoms with Crippen molar-refractivity contribution in [1.29, 1.82) is 0 Å². The number of rotatable bonds is 7. The van der Waals surface area contributed by atoms with Gasteiger partial charge < -0.3 is 10.1 Å². The molecular formula is C15H17BrFIN2O2S. The number of hydrogen-bond acceptors (Lipinski definition) is 3. The Balaban J connectivity index is 2.46. The molecule has 126 valence electrons. The Labute approximate surface area is 159 Å². The second-order valence-electron chi connectivity index (χ2n) is 5.00. The number of aromatic nitrogens is 1. The standard InChI is InChI=1S/C15H17BrFIN2O2S/c1-9-11(3-5-19-10(2)21)12-7-15(22-6-4-16)13(17)8-14(12)20(9)23-18/h7-8H,3-6H2,1-2H3,(H,19,21). The van der Waals surface area contributed by atoms with E-state index in [4.69, 9.17) is 4.74 Å². The number of carbonyl (C=O) groups excluding carboxylic acids is 1. The van der Waals surface area contributed by atoms with Crippen LogP contribution in [0.5, 0.6) is 5.75 Å². The summed E-state index contributed by atoms with van der Waals surface area (Å²) in [5.41, 5.74) is 2.98. The number of hydrogen-bond donors (Lipinski definition) is 1. The van der Waals surface area contributed by atoms with E-state index in [9.17, 15) is 9.18 Å². The Hall–Kier alpha value is -0.480. The zero-order valence-corrected chi connectivity index (χ0v) is 17.3. The third-order valence-electron chi connectivity index (χ3n) is 3.49. The van der Waals surface area contributed by atoms with Gasteiger partial charge in [0.15, 0.2) is 11.6 Å². The lowest BCUT2D eigenvalue weighted by atomic mass is 10.1. The number of amides is 1. The monoisotopic (exact) mass is 514 g/mol. The first-order valence-corrected chi connectivity index (χ1v) is 11.5. The molecule has 2 rings (SSSR count). The first-order valence-electron chi connectivity index (χ1n) is 7.05. The van der Waals surface area contributed by atoms with Crippen molar-refractivity contribution in [2.45, 2.75) is 20.3 Å². The minimum atomic E-state index is -0.365. The lowest BCUT2D eigenvalue weighted by Crippen LogP contribution is -2.22. The summed E-state index contributed by atoms with van der Waals surface area (Å²) in [6, 6.07) is 3.27. The molecule has 0 aliphatic heterocycles. The summed E-state index contributed by atoms with van der Waals surface area (Å²) in [5, 5.41) is 4.41. The number of ether oxygens (including phenoxy) is 1. The number of nitrogens with zero attached hydrogens (tertiary/aromatic N) is 1. The van der Waals surface area contributed by atoms with Crippen molar-refractivity contribution in [3.8, 4) is 5.75 Å². The highest BCUT2D eigenvalue weighted by atomic mass is 127. The average Bonchev–Trinajstić information content (AvgIpc) is 2.76. The van der Waals surface area contributed by atoms with Gasteiger partial charge in [0.05, 0.1) is 12.1 Å². The largest absolute Gasteiger partial charge is 0.490 e. The molecule has 0 unspecified atom stereocenters. The van der Waals surface area contributed by atoms with E-state index in [0.29, 0.717) is 24.9 Å². The molecule has 0 aliphatic carbocycles. The lowest BCUT2D eigenvalue weighted by molar-refractivity contribution is -0.118. The van der Waals surface area contributed by atoms with Crippen molar-refractivity contribution in [2.24, 2.45) is 0 Å². The number of fused-ring (bicyclic) bond motifs is 1. The Morgan fingerprint density at radius 1 is 1.52 bits per heavy atom. The molecule has 8 heteroatoms. The molecule has 2 aromatic rings. The van der Waals surface area contributed by atoms with Crippen LogP contribution >= 0.6 is 46.3 Å². The minimum absolute atomic E-state index is 0.0537. The van der Waals surface area contributed by atoms with Crippen molar-refractivity contribution in [1.82, 2.24) is 9.29 Å². The number of benzene rings is 1. The molecule has 1 heterocycles. The second kappa shape index (κ2) is 8.57. The average molecular weight is 515 g/mol. The predicted molar refractivity (Wildman–Crippen MR) is 105 cm³/mol. The molecule has 0 spiro atoms. The summed E-state index contributed by atoms with van der Waals surface area (Å²) in [4.78, 5) is 11.1. The summed E-state index contributed by atoms with van der Waals surface area (Å²) in [6.45, 7) is 4.46. The molecule has 1 amide bonds. The van der Waals surface area contributed by atoms with Gasteiger partial charge in [-0.1, -0.05) is 15.9 Å². The number of nitrogens with one attached hydrogen (secondary N) is 1. The molecule has 0 atom stereocenters. The summed E-state index contributed by atoms with van der Waals surface area (Å²) in [6.07, 6.45) is 0.690. The van der Waals surface area contributed by atoms with Gasteiger partial charge in [-0.25, -0.2) is 4.39 Å². The maximum atomic E-state index is 14.2. The zero-order valence-electron chi connectivity index (χ0n) is 12.8. The van der Waals surface area contributed by atoms with Gasteiger partial charge in [0, 0.05) is 66.3 Å². The van der Waals surface area contributed by atoms with E-state index in [1.165, 1.54) is 22.1 Å². The van der Waals surface area contributed by atoms with Crippen LogP contribution in [0.4, 0.5) is 4.39 Å². The molecule has 0 aliphatic rings. The van der Waals surface area contributed by atoms with Gasteiger partial charge in [-0.15, -0.1) is 0 Å². The summed E-state index contributed by atoms with van der Waals surface area (Å²) in [7, 11) is 1.50. The quantitative estimate of drug-likeness (QED) is 0.440. The van der Waals surface area contributed by atoms with Gasteiger partial charge in [-0.05, 0) is 25.0 Å². The van der Waals surface area contributed by atoms with E-state index in [0.717, 1.165) is 22.2 Å². The van der Waals surface area contributed by atoms with Crippen LogP contribution in [0.25, 0.3) is 10.9 Å². The van der Waals surface area contributed by atoms with E-state index in [-0.39, 0.29) is 17.5 Å². The summed E-state index contributed by atoms with van der Waals surface area (Å²) in [5.74, 6) is -0.161. The van der Waals surface area contributed by atoms with Crippen LogP contribution in [0.1, 0.15) is 18.2 Å². The van der Waals surface area contributed by atoms with Gasteiger partial charge in [0.1, 0.15) is 0 Å². The fourth-order valence-corrected chi connectivity index (χ4v) is 4.60. The van der Waals surface area contributed by atoms with Crippen LogP contribution in [-0.4, -0.2) is 28.4 Å². The van der Waals surface area contributed by atoms with Crippen molar-refractivity contribution < 1.29 is 13.9 Å². The molecule has 23 heavy (non-hydrogen) atoms. The molecule has 0 saturated heterocycles. The Kier molecular flexibility index (Phi) is 7.02. The fraction of sp³-hybridized carbons (Fsp3) is 0.400. The minimum Gasteiger partial charge on any atom is -0.490 e. The Bertz CT molecular complexity index is 723. The smallest absolute Gasteiger partial charge is 0.216 e. The van der Waals surface area contributed by atoms with Crippen molar-refractivity contribution >= 4 is 63.1 Å². The molecular weight excluding hydrogens is 498 g/mol.